The van der Waals surface area contributed by atoms with E-state index in [0.29, 0.717) is 0 Å². The van der Waals surface area contributed by atoms with Crippen molar-refractivity contribution < 1.29 is 9.22 Å². The summed E-state index contributed by atoms with van der Waals surface area (Å²) in [6.07, 6.45) is 3.27. The number of aryl methyl sites for hydroxylation is 1. The highest BCUT2D eigenvalue weighted by atomic mass is 28.4. The fourth-order valence-corrected chi connectivity index (χ4v) is 1.85. The molecule has 0 atom stereocenters. The summed E-state index contributed by atoms with van der Waals surface area (Å²) in [5.41, 5.74) is 2.22. The Morgan fingerprint density at radius 2 is 1.75 bits per heavy atom. The molecule has 1 aromatic carbocycles. The van der Waals surface area contributed by atoms with Gasteiger partial charge in [-0.05, 0) is 38.2 Å². The van der Waals surface area contributed by atoms with Gasteiger partial charge in [0.1, 0.15) is 0 Å². The highest BCUT2D eigenvalue weighted by Gasteiger charge is 2.17. The highest BCUT2D eigenvalue weighted by molar-refractivity contribution is 6.71. The molecule has 0 bridgehead atoms. The molecule has 0 aliphatic carbocycles. The molecule has 0 saturated carbocycles. The molecule has 0 aliphatic heterocycles. The summed E-state index contributed by atoms with van der Waals surface area (Å²) in [4.78, 5) is 11.4. The fraction of sp³-hybridized carbons (Fsp3) is 0.308. The van der Waals surface area contributed by atoms with Crippen molar-refractivity contribution in [2.45, 2.75) is 26.6 Å². The number of benzene rings is 1. The Morgan fingerprint density at radius 3 is 2.25 bits per heavy atom. The van der Waals surface area contributed by atoms with Crippen LogP contribution in [0.15, 0.2) is 30.3 Å². The Labute approximate surface area is 98.1 Å². The number of hydrogen-bond acceptors (Lipinski definition) is 2. The molecule has 0 fully saturated rings. The second-order valence-electron chi connectivity index (χ2n) is 4.78. The van der Waals surface area contributed by atoms with Crippen LogP contribution in [0.25, 0.3) is 6.08 Å². The average molecular weight is 234 g/mol. The Hall–Kier alpha value is -1.35. The van der Waals surface area contributed by atoms with Crippen molar-refractivity contribution in [3.05, 3.63) is 41.5 Å². The molecule has 0 aliphatic rings. The van der Waals surface area contributed by atoms with Crippen LogP contribution in [-0.4, -0.2) is 14.3 Å². The van der Waals surface area contributed by atoms with E-state index >= 15 is 0 Å². The molecule has 0 unspecified atom stereocenters. The van der Waals surface area contributed by atoms with Gasteiger partial charge in [0, 0.05) is 6.08 Å². The molecule has 1 rings (SSSR count). The monoisotopic (exact) mass is 234 g/mol. The van der Waals surface area contributed by atoms with Crippen molar-refractivity contribution in [3.63, 3.8) is 0 Å². The van der Waals surface area contributed by atoms with Gasteiger partial charge in [-0.3, -0.25) is 0 Å². The highest BCUT2D eigenvalue weighted by Crippen LogP contribution is 2.07. The van der Waals surface area contributed by atoms with Gasteiger partial charge in [-0.25, -0.2) is 4.79 Å². The third kappa shape index (κ3) is 4.93. The van der Waals surface area contributed by atoms with Crippen LogP contribution in [-0.2, 0) is 9.22 Å². The first kappa shape index (κ1) is 12.7. The second kappa shape index (κ2) is 5.12. The topological polar surface area (TPSA) is 26.3 Å². The minimum atomic E-state index is -1.77. The van der Waals surface area contributed by atoms with Crippen LogP contribution in [0.3, 0.4) is 0 Å². The molecular weight excluding hydrogens is 216 g/mol. The lowest BCUT2D eigenvalue weighted by Crippen LogP contribution is -2.28. The van der Waals surface area contributed by atoms with Crippen molar-refractivity contribution in [1.29, 1.82) is 0 Å². The zero-order chi connectivity index (χ0) is 12.2. The predicted octanol–water partition coefficient (Wildman–Crippen LogP) is 3.39. The van der Waals surface area contributed by atoms with Gasteiger partial charge in [0.25, 0.3) is 0 Å². The van der Waals surface area contributed by atoms with E-state index < -0.39 is 8.32 Å². The lowest BCUT2D eigenvalue weighted by Gasteiger charge is -2.15. The van der Waals surface area contributed by atoms with Crippen LogP contribution < -0.4 is 0 Å². The zero-order valence-corrected chi connectivity index (χ0v) is 11.3. The van der Waals surface area contributed by atoms with Crippen LogP contribution in [0.1, 0.15) is 11.1 Å². The van der Waals surface area contributed by atoms with Gasteiger partial charge in [0.05, 0.1) is 0 Å². The molecular formula is C13H18O2Si. The Balaban J connectivity index is 2.60. The summed E-state index contributed by atoms with van der Waals surface area (Å²) in [5.74, 6) is -0.250. The largest absolute Gasteiger partial charge is 0.517 e. The summed E-state index contributed by atoms with van der Waals surface area (Å²) in [6, 6.07) is 7.99. The molecule has 16 heavy (non-hydrogen) atoms. The van der Waals surface area contributed by atoms with E-state index in [1.54, 1.807) is 6.08 Å². The first-order valence-electron chi connectivity index (χ1n) is 5.34. The standard InChI is InChI=1S/C13H18O2Si/c1-11-5-7-12(8-6-11)9-10-13(14)15-16(2,3)4/h5-10H,1-4H3. The van der Waals surface area contributed by atoms with E-state index in [4.69, 9.17) is 4.43 Å². The van der Waals surface area contributed by atoms with Gasteiger partial charge in [-0.15, -0.1) is 0 Å². The number of carbonyl (C=O) groups is 1. The van der Waals surface area contributed by atoms with Gasteiger partial charge in [-0.2, -0.15) is 0 Å². The SMILES string of the molecule is Cc1ccc(C=CC(=O)O[Si](C)(C)C)cc1. The summed E-state index contributed by atoms with van der Waals surface area (Å²) in [7, 11) is -1.77. The lowest BCUT2D eigenvalue weighted by molar-refractivity contribution is -0.129. The Morgan fingerprint density at radius 1 is 1.19 bits per heavy atom. The maximum absolute atomic E-state index is 11.4. The minimum Gasteiger partial charge on any atom is -0.517 e. The molecule has 86 valence electrons. The molecule has 1 aromatic rings. The van der Waals surface area contributed by atoms with Crippen molar-refractivity contribution >= 4 is 20.4 Å². The van der Waals surface area contributed by atoms with E-state index in [2.05, 4.69) is 0 Å². The van der Waals surface area contributed by atoms with Gasteiger partial charge in [-0.1, -0.05) is 29.8 Å². The summed E-state index contributed by atoms with van der Waals surface area (Å²) in [6.45, 7) is 8.01. The molecule has 0 radical (unpaired) electrons. The third-order valence-electron chi connectivity index (χ3n) is 1.90. The van der Waals surface area contributed by atoms with Crippen molar-refractivity contribution in [1.82, 2.24) is 0 Å². The van der Waals surface area contributed by atoms with E-state index in [0.717, 1.165) is 5.56 Å². The third-order valence-corrected chi connectivity index (χ3v) is 2.71. The molecule has 0 spiro atoms. The molecule has 0 N–H and O–H groups in total. The van der Waals surface area contributed by atoms with Crippen LogP contribution in [0.5, 0.6) is 0 Å². The molecule has 0 saturated heterocycles. The Bertz CT molecular complexity index is 385. The number of hydrogen-bond donors (Lipinski definition) is 0. The van der Waals surface area contributed by atoms with Crippen molar-refractivity contribution in [2.24, 2.45) is 0 Å². The predicted molar refractivity (Wildman–Crippen MR) is 69.7 cm³/mol. The lowest BCUT2D eigenvalue weighted by atomic mass is 10.1. The molecule has 0 amide bonds. The Kier molecular flexibility index (Phi) is 4.07. The van der Waals surface area contributed by atoms with E-state index in [-0.39, 0.29) is 5.97 Å². The van der Waals surface area contributed by atoms with Gasteiger partial charge >= 0.3 is 5.97 Å². The van der Waals surface area contributed by atoms with Gasteiger partial charge in [0.2, 0.25) is 8.32 Å². The van der Waals surface area contributed by atoms with Crippen LogP contribution >= 0.6 is 0 Å². The van der Waals surface area contributed by atoms with E-state index in [1.165, 1.54) is 11.6 Å². The first-order valence-corrected chi connectivity index (χ1v) is 8.75. The van der Waals surface area contributed by atoms with E-state index in [9.17, 15) is 4.79 Å². The van der Waals surface area contributed by atoms with Gasteiger partial charge < -0.3 is 4.43 Å². The fourth-order valence-electron chi connectivity index (χ4n) is 1.18. The summed E-state index contributed by atoms with van der Waals surface area (Å²) < 4.78 is 5.30. The van der Waals surface area contributed by atoms with Crippen molar-refractivity contribution in [2.75, 3.05) is 0 Å². The summed E-state index contributed by atoms with van der Waals surface area (Å²) >= 11 is 0. The maximum atomic E-state index is 11.4. The second-order valence-corrected chi connectivity index (χ2v) is 9.21. The van der Waals surface area contributed by atoms with Crippen LogP contribution in [0.2, 0.25) is 19.6 Å². The van der Waals surface area contributed by atoms with Crippen LogP contribution in [0.4, 0.5) is 0 Å². The molecule has 3 heteroatoms. The summed E-state index contributed by atoms with van der Waals surface area (Å²) in [5, 5.41) is 0. The molecule has 0 aromatic heterocycles. The smallest absolute Gasteiger partial charge is 0.317 e. The normalized spacial score (nSPS) is 11.8. The quantitative estimate of drug-likeness (QED) is 0.592. The first-order chi connectivity index (χ1) is 7.37. The van der Waals surface area contributed by atoms with Gasteiger partial charge in [0.15, 0.2) is 0 Å². The average Bonchev–Trinajstić information content (AvgIpc) is 2.14. The van der Waals surface area contributed by atoms with Crippen LogP contribution in [0, 0.1) is 6.92 Å². The molecule has 0 heterocycles. The number of carbonyl (C=O) groups excluding carboxylic acids is 1. The zero-order valence-electron chi connectivity index (χ0n) is 10.3. The number of rotatable bonds is 3. The molecule has 2 nitrogen and oxygen atoms in total. The van der Waals surface area contributed by atoms with E-state index in [1.807, 2.05) is 50.8 Å². The minimum absolute atomic E-state index is 0.250. The maximum Gasteiger partial charge on any atom is 0.317 e. The van der Waals surface area contributed by atoms with Crippen molar-refractivity contribution in [3.8, 4) is 0 Å².